The average Bonchev–Trinajstić information content (AvgIpc) is 2.29. The van der Waals surface area contributed by atoms with Gasteiger partial charge in [-0.25, -0.2) is 0 Å². The summed E-state index contributed by atoms with van der Waals surface area (Å²) in [7, 11) is 3.38. The summed E-state index contributed by atoms with van der Waals surface area (Å²) < 4.78 is 4.93. The minimum absolute atomic E-state index is 0.110. The van der Waals surface area contributed by atoms with Crippen molar-refractivity contribution >= 4 is 11.6 Å². The van der Waals surface area contributed by atoms with Gasteiger partial charge in [-0.1, -0.05) is 0 Å². The third-order valence-corrected chi connectivity index (χ3v) is 2.27. The third kappa shape index (κ3) is 3.20. The molecular weight excluding hydrogens is 206 g/mol. The molecule has 1 amide bonds. The van der Waals surface area contributed by atoms with E-state index in [0.717, 1.165) is 6.42 Å². The SMILES string of the molecule is COCCCN(C)C(=O)c1cnccc1N. The van der Waals surface area contributed by atoms with Crippen LogP contribution in [-0.4, -0.2) is 43.1 Å². The van der Waals surface area contributed by atoms with Crippen LogP contribution in [-0.2, 0) is 4.74 Å². The van der Waals surface area contributed by atoms with Crippen LogP contribution in [0.2, 0.25) is 0 Å². The Bertz CT molecular complexity index is 355. The third-order valence-electron chi connectivity index (χ3n) is 2.27. The number of ether oxygens (including phenoxy) is 1. The Kier molecular flexibility index (Phi) is 4.72. The molecule has 0 aliphatic rings. The molecule has 1 aromatic rings. The van der Waals surface area contributed by atoms with Crippen molar-refractivity contribution in [3.8, 4) is 0 Å². The molecule has 1 aromatic heterocycles. The van der Waals surface area contributed by atoms with Gasteiger partial charge in [-0.2, -0.15) is 0 Å². The number of carbonyl (C=O) groups is 1. The maximum atomic E-state index is 11.9. The van der Waals surface area contributed by atoms with Gasteiger partial charge in [-0.15, -0.1) is 0 Å². The number of amides is 1. The van der Waals surface area contributed by atoms with Crippen LogP contribution < -0.4 is 5.73 Å². The average molecular weight is 223 g/mol. The standard InChI is InChI=1S/C11H17N3O2/c1-14(6-3-7-16-2)11(15)9-8-13-5-4-10(9)12/h4-5,8H,3,6-7H2,1-2H3,(H2,12,13). The number of hydrogen-bond acceptors (Lipinski definition) is 4. The number of methoxy groups -OCH3 is 1. The van der Waals surface area contributed by atoms with Crippen LogP contribution in [0.15, 0.2) is 18.5 Å². The van der Waals surface area contributed by atoms with E-state index in [9.17, 15) is 4.79 Å². The minimum atomic E-state index is -0.110. The first-order chi connectivity index (χ1) is 7.66. The van der Waals surface area contributed by atoms with Gasteiger partial charge >= 0.3 is 0 Å². The van der Waals surface area contributed by atoms with Crippen LogP contribution in [0, 0.1) is 0 Å². The molecule has 0 saturated heterocycles. The maximum absolute atomic E-state index is 11.9. The number of aromatic nitrogens is 1. The van der Waals surface area contributed by atoms with E-state index in [1.807, 2.05) is 0 Å². The molecule has 0 atom stereocenters. The number of anilines is 1. The second-order valence-electron chi connectivity index (χ2n) is 3.54. The van der Waals surface area contributed by atoms with Gasteiger partial charge in [0.25, 0.3) is 5.91 Å². The van der Waals surface area contributed by atoms with Crippen molar-refractivity contribution in [1.82, 2.24) is 9.88 Å². The molecule has 0 unspecified atom stereocenters. The van der Waals surface area contributed by atoms with E-state index < -0.39 is 0 Å². The Balaban J connectivity index is 2.60. The molecule has 0 radical (unpaired) electrons. The van der Waals surface area contributed by atoms with Crippen LogP contribution in [0.3, 0.4) is 0 Å². The highest BCUT2D eigenvalue weighted by Gasteiger charge is 2.13. The summed E-state index contributed by atoms with van der Waals surface area (Å²) in [5.74, 6) is -0.110. The number of nitrogen functional groups attached to an aromatic ring is 1. The van der Waals surface area contributed by atoms with Crippen molar-refractivity contribution in [3.05, 3.63) is 24.0 Å². The van der Waals surface area contributed by atoms with E-state index >= 15 is 0 Å². The van der Waals surface area contributed by atoms with Gasteiger partial charge in [0.1, 0.15) is 0 Å². The number of pyridine rings is 1. The lowest BCUT2D eigenvalue weighted by Gasteiger charge is -2.17. The molecular formula is C11H17N3O2. The molecule has 0 spiro atoms. The molecule has 0 aliphatic heterocycles. The monoisotopic (exact) mass is 223 g/mol. The molecule has 0 aromatic carbocycles. The second kappa shape index (κ2) is 6.07. The van der Waals surface area contributed by atoms with Crippen molar-refractivity contribution in [2.24, 2.45) is 0 Å². The normalized spacial score (nSPS) is 10.1. The summed E-state index contributed by atoms with van der Waals surface area (Å²) in [6, 6.07) is 1.62. The molecule has 0 fully saturated rings. The smallest absolute Gasteiger partial charge is 0.257 e. The van der Waals surface area contributed by atoms with Crippen molar-refractivity contribution in [2.45, 2.75) is 6.42 Å². The van der Waals surface area contributed by atoms with Gasteiger partial charge in [0, 0.05) is 45.4 Å². The minimum Gasteiger partial charge on any atom is -0.398 e. The van der Waals surface area contributed by atoms with Gasteiger partial charge in [-0.3, -0.25) is 9.78 Å². The first-order valence-electron chi connectivity index (χ1n) is 5.10. The fraction of sp³-hybridized carbons (Fsp3) is 0.455. The van der Waals surface area contributed by atoms with E-state index in [1.54, 1.807) is 31.3 Å². The van der Waals surface area contributed by atoms with Crippen molar-refractivity contribution < 1.29 is 9.53 Å². The molecule has 0 bridgehead atoms. The Morgan fingerprint density at radius 1 is 1.62 bits per heavy atom. The Labute approximate surface area is 95.2 Å². The summed E-state index contributed by atoms with van der Waals surface area (Å²) in [4.78, 5) is 17.4. The lowest BCUT2D eigenvalue weighted by molar-refractivity contribution is 0.0780. The predicted molar refractivity (Wildman–Crippen MR) is 62.1 cm³/mol. The van der Waals surface area contributed by atoms with Gasteiger partial charge in [-0.05, 0) is 12.5 Å². The molecule has 2 N–H and O–H groups in total. The molecule has 16 heavy (non-hydrogen) atoms. The van der Waals surface area contributed by atoms with Crippen LogP contribution in [0.5, 0.6) is 0 Å². The predicted octanol–water partition coefficient (Wildman–Crippen LogP) is 0.772. The zero-order valence-corrected chi connectivity index (χ0v) is 9.64. The number of carbonyl (C=O) groups excluding carboxylic acids is 1. The second-order valence-corrected chi connectivity index (χ2v) is 3.54. The quantitative estimate of drug-likeness (QED) is 0.749. The largest absolute Gasteiger partial charge is 0.398 e. The Morgan fingerprint density at radius 3 is 3.00 bits per heavy atom. The number of hydrogen-bond donors (Lipinski definition) is 1. The van der Waals surface area contributed by atoms with Gasteiger partial charge in [0.15, 0.2) is 0 Å². The number of nitrogens with two attached hydrogens (primary N) is 1. The zero-order chi connectivity index (χ0) is 12.0. The van der Waals surface area contributed by atoms with Crippen LogP contribution in [0.1, 0.15) is 16.8 Å². The number of rotatable bonds is 5. The summed E-state index contributed by atoms with van der Waals surface area (Å²) in [6.07, 6.45) is 3.86. The van der Waals surface area contributed by atoms with E-state index in [1.165, 1.54) is 6.20 Å². The van der Waals surface area contributed by atoms with Gasteiger partial charge in [0.2, 0.25) is 0 Å². The van der Waals surface area contributed by atoms with E-state index in [-0.39, 0.29) is 5.91 Å². The highest BCUT2D eigenvalue weighted by Crippen LogP contribution is 2.11. The van der Waals surface area contributed by atoms with E-state index in [0.29, 0.717) is 24.4 Å². The lowest BCUT2D eigenvalue weighted by Crippen LogP contribution is -2.29. The molecule has 5 heteroatoms. The van der Waals surface area contributed by atoms with Gasteiger partial charge < -0.3 is 15.4 Å². The van der Waals surface area contributed by atoms with Crippen molar-refractivity contribution in [2.75, 3.05) is 33.0 Å². The summed E-state index contributed by atoms with van der Waals surface area (Å²) in [5, 5.41) is 0. The molecule has 1 rings (SSSR count). The first kappa shape index (κ1) is 12.4. The van der Waals surface area contributed by atoms with E-state index in [2.05, 4.69) is 4.98 Å². The number of nitrogens with zero attached hydrogens (tertiary/aromatic N) is 2. The fourth-order valence-electron chi connectivity index (χ4n) is 1.34. The molecule has 88 valence electrons. The van der Waals surface area contributed by atoms with Gasteiger partial charge in [0.05, 0.1) is 5.56 Å². The molecule has 0 aliphatic carbocycles. The Morgan fingerprint density at radius 2 is 2.38 bits per heavy atom. The van der Waals surface area contributed by atoms with E-state index in [4.69, 9.17) is 10.5 Å². The van der Waals surface area contributed by atoms with Crippen LogP contribution in [0.4, 0.5) is 5.69 Å². The van der Waals surface area contributed by atoms with Crippen LogP contribution >= 0.6 is 0 Å². The molecule has 5 nitrogen and oxygen atoms in total. The zero-order valence-electron chi connectivity index (χ0n) is 9.64. The van der Waals surface area contributed by atoms with Crippen molar-refractivity contribution in [1.29, 1.82) is 0 Å². The molecule has 0 saturated carbocycles. The highest BCUT2D eigenvalue weighted by atomic mass is 16.5. The summed E-state index contributed by atoms with van der Waals surface area (Å²) in [5.41, 5.74) is 6.61. The summed E-state index contributed by atoms with van der Waals surface area (Å²) in [6.45, 7) is 1.28. The van der Waals surface area contributed by atoms with Crippen LogP contribution in [0.25, 0.3) is 0 Å². The van der Waals surface area contributed by atoms with Crippen molar-refractivity contribution in [3.63, 3.8) is 0 Å². The topological polar surface area (TPSA) is 68.5 Å². The lowest BCUT2D eigenvalue weighted by atomic mass is 10.2. The summed E-state index contributed by atoms with van der Waals surface area (Å²) >= 11 is 0. The highest BCUT2D eigenvalue weighted by molar-refractivity contribution is 5.98. The fourth-order valence-corrected chi connectivity index (χ4v) is 1.34. The first-order valence-corrected chi connectivity index (χ1v) is 5.10. The Hall–Kier alpha value is -1.62. The maximum Gasteiger partial charge on any atom is 0.257 e. The molecule has 1 heterocycles.